The summed E-state index contributed by atoms with van der Waals surface area (Å²) in [6.07, 6.45) is 6.71. The van der Waals surface area contributed by atoms with E-state index in [4.69, 9.17) is 16.3 Å². The Balaban J connectivity index is 2.06. The molecule has 0 unspecified atom stereocenters. The predicted molar refractivity (Wildman–Crippen MR) is 77.6 cm³/mol. The highest BCUT2D eigenvalue weighted by atomic mass is 35.5. The second-order valence-corrected chi connectivity index (χ2v) is 5.58. The molecule has 1 saturated carbocycles. The zero-order chi connectivity index (χ0) is 13.7. The molecule has 0 N–H and O–H groups in total. The molecule has 104 valence electrons. The fraction of sp³-hybridized carbons (Fsp3) is 0.562. The average molecular weight is 281 g/mol. The van der Waals surface area contributed by atoms with E-state index in [2.05, 4.69) is 6.07 Å². The smallest absolute Gasteiger partial charge is 0.310 e. The number of benzene rings is 1. The molecule has 0 atom stereocenters. The summed E-state index contributed by atoms with van der Waals surface area (Å²) in [5.41, 5.74) is 2.18. The van der Waals surface area contributed by atoms with Crippen molar-refractivity contribution >= 4 is 17.6 Å². The Labute approximate surface area is 120 Å². The minimum Gasteiger partial charge on any atom is -0.466 e. The van der Waals surface area contributed by atoms with Crippen LogP contribution in [0, 0.1) is 0 Å². The van der Waals surface area contributed by atoms with Crippen LogP contribution in [0.3, 0.4) is 0 Å². The van der Waals surface area contributed by atoms with E-state index >= 15 is 0 Å². The van der Waals surface area contributed by atoms with Crippen LogP contribution in [0.4, 0.5) is 0 Å². The van der Waals surface area contributed by atoms with Gasteiger partial charge in [-0.05, 0) is 42.9 Å². The molecule has 0 radical (unpaired) electrons. The summed E-state index contributed by atoms with van der Waals surface area (Å²) in [5.74, 6) is 0.405. The fourth-order valence-electron chi connectivity index (χ4n) is 2.80. The van der Waals surface area contributed by atoms with Crippen molar-refractivity contribution in [2.45, 2.75) is 51.4 Å². The van der Waals surface area contributed by atoms with Crippen LogP contribution in [0.5, 0.6) is 0 Å². The molecule has 0 saturated heterocycles. The van der Waals surface area contributed by atoms with Crippen molar-refractivity contribution in [3.8, 4) is 0 Å². The zero-order valence-electron chi connectivity index (χ0n) is 11.5. The second-order valence-electron chi connectivity index (χ2n) is 5.17. The van der Waals surface area contributed by atoms with Gasteiger partial charge in [-0.1, -0.05) is 43.0 Å². The molecule has 3 heteroatoms. The lowest BCUT2D eigenvalue weighted by atomic mass is 9.84. The largest absolute Gasteiger partial charge is 0.466 e. The summed E-state index contributed by atoms with van der Waals surface area (Å²) in [6.45, 7) is 2.24. The van der Waals surface area contributed by atoms with E-state index in [-0.39, 0.29) is 5.97 Å². The fourth-order valence-corrected chi connectivity index (χ4v) is 3.16. The van der Waals surface area contributed by atoms with Gasteiger partial charge in [-0.3, -0.25) is 4.79 Å². The standard InChI is InChI=1S/C16H21ClO2/c1-2-19-16(18)11-12-8-9-14(15(17)10-12)13-6-4-3-5-7-13/h8-10,13H,2-7,11H2,1H3. The Morgan fingerprint density at radius 1 is 1.32 bits per heavy atom. The first-order valence-corrected chi connectivity index (χ1v) is 7.52. The van der Waals surface area contributed by atoms with Gasteiger partial charge >= 0.3 is 5.97 Å². The quantitative estimate of drug-likeness (QED) is 0.760. The summed E-state index contributed by atoms with van der Waals surface area (Å²) >= 11 is 6.37. The maximum atomic E-state index is 11.4. The molecule has 1 aliphatic rings. The van der Waals surface area contributed by atoms with Crippen LogP contribution in [0.25, 0.3) is 0 Å². The molecule has 19 heavy (non-hydrogen) atoms. The Bertz CT molecular complexity index is 436. The lowest BCUT2D eigenvalue weighted by Crippen LogP contribution is -2.08. The van der Waals surface area contributed by atoms with E-state index in [1.54, 1.807) is 0 Å². The van der Waals surface area contributed by atoms with Crippen molar-refractivity contribution in [3.05, 3.63) is 34.3 Å². The molecule has 0 amide bonds. The van der Waals surface area contributed by atoms with Crippen molar-refractivity contribution in [2.24, 2.45) is 0 Å². The molecule has 0 aromatic heterocycles. The molecular formula is C16H21ClO2. The van der Waals surface area contributed by atoms with Crippen LogP contribution in [0.1, 0.15) is 56.1 Å². The zero-order valence-corrected chi connectivity index (χ0v) is 12.2. The molecule has 0 aliphatic heterocycles. The average Bonchev–Trinajstić information content (AvgIpc) is 2.40. The van der Waals surface area contributed by atoms with Gasteiger partial charge < -0.3 is 4.74 Å². The summed E-state index contributed by atoms with van der Waals surface area (Å²) in [7, 11) is 0. The first-order valence-electron chi connectivity index (χ1n) is 7.14. The van der Waals surface area contributed by atoms with Gasteiger partial charge in [0.15, 0.2) is 0 Å². The minimum absolute atomic E-state index is 0.191. The number of rotatable bonds is 4. The first kappa shape index (κ1) is 14.4. The Hall–Kier alpha value is -1.02. The molecule has 1 aromatic carbocycles. The summed E-state index contributed by atoms with van der Waals surface area (Å²) < 4.78 is 4.95. The highest BCUT2D eigenvalue weighted by molar-refractivity contribution is 6.31. The number of hydrogen-bond acceptors (Lipinski definition) is 2. The second kappa shape index (κ2) is 6.95. The van der Waals surface area contributed by atoms with E-state index in [0.717, 1.165) is 10.6 Å². The number of carbonyl (C=O) groups excluding carboxylic acids is 1. The minimum atomic E-state index is -0.191. The monoisotopic (exact) mass is 280 g/mol. The third kappa shape index (κ3) is 3.97. The van der Waals surface area contributed by atoms with Crippen molar-refractivity contribution < 1.29 is 9.53 Å². The van der Waals surface area contributed by atoms with Crippen molar-refractivity contribution in [1.82, 2.24) is 0 Å². The third-order valence-electron chi connectivity index (χ3n) is 3.76. The van der Waals surface area contributed by atoms with Gasteiger partial charge in [0, 0.05) is 5.02 Å². The van der Waals surface area contributed by atoms with E-state index < -0.39 is 0 Å². The van der Waals surface area contributed by atoms with Gasteiger partial charge in [-0.15, -0.1) is 0 Å². The maximum Gasteiger partial charge on any atom is 0.310 e. The number of halogens is 1. The highest BCUT2D eigenvalue weighted by Crippen LogP contribution is 2.36. The van der Waals surface area contributed by atoms with Gasteiger partial charge in [0.05, 0.1) is 13.0 Å². The maximum absolute atomic E-state index is 11.4. The first-order chi connectivity index (χ1) is 9.20. The number of ether oxygens (including phenoxy) is 1. The summed E-state index contributed by atoms with van der Waals surface area (Å²) in [6, 6.07) is 6.02. The van der Waals surface area contributed by atoms with Crippen LogP contribution in [-0.2, 0) is 16.0 Å². The van der Waals surface area contributed by atoms with Crippen LogP contribution in [-0.4, -0.2) is 12.6 Å². The molecule has 0 spiro atoms. The number of esters is 1. The third-order valence-corrected chi connectivity index (χ3v) is 4.09. The molecule has 0 heterocycles. The van der Waals surface area contributed by atoms with Crippen LogP contribution in [0.15, 0.2) is 18.2 Å². The van der Waals surface area contributed by atoms with Gasteiger partial charge in [0.1, 0.15) is 0 Å². The van der Waals surface area contributed by atoms with Gasteiger partial charge in [0.2, 0.25) is 0 Å². The van der Waals surface area contributed by atoms with Crippen molar-refractivity contribution in [3.63, 3.8) is 0 Å². The Morgan fingerprint density at radius 2 is 2.05 bits per heavy atom. The van der Waals surface area contributed by atoms with Crippen molar-refractivity contribution in [1.29, 1.82) is 0 Å². The summed E-state index contributed by atoms with van der Waals surface area (Å²) in [5, 5.41) is 0.800. The highest BCUT2D eigenvalue weighted by Gasteiger charge is 2.18. The van der Waals surface area contributed by atoms with E-state index in [1.807, 2.05) is 19.1 Å². The Kier molecular flexibility index (Phi) is 5.26. The van der Waals surface area contributed by atoms with Gasteiger partial charge in [0.25, 0.3) is 0 Å². The molecular weight excluding hydrogens is 260 g/mol. The molecule has 0 bridgehead atoms. The molecule has 1 fully saturated rings. The number of hydrogen-bond donors (Lipinski definition) is 0. The predicted octanol–water partition coefficient (Wildman–Crippen LogP) is 4.49. The molecule has 1 aromatic rings. The van der Waals surface area contributed by atoms with Crippen LogP contribution >= 0.6 is 11.6 Å². The topological polar surface area (TPSA) is 26.3 Å². The number of carbonyl (C=O) groups is 1. The van der Waals surface area contributed by atoms with Gasteiger partial charge in [-0.25, -0.2) is 0 Å². The van der Waals surface area contributed by atoms with E-state index in [0.29, 0.717) is 18.9 Å². The molecule has 2 nitrogen and oxygen atoms in total. The van der Waals surface area contributed by atoms with E-state index in [9.17, 15) is 4.79 Å². The molecule has 1 aliphatic carbocycles. The van der Waals surface area contributed by atoms with E-state index in [1.165, 1.54) is 37.7 Å². The SMILES string of the molecule is CCOC(=O)Cc1ccc(C2CCCCC2)c(Cl)c1. The Morgan fingerprint density at radius 3 is 2.68 bits per heavy atom. The van der Waals surface area contributed by atoms with Crippen LogP contribution < -0.4 is 0 Å². The van der Waals surface area contributed by atoms with Gasteiger partial charge in [-0.2, -0.15) is 0 Å². The van der Waals surface area contributed by atoms with Crippen LogP contribution in [0.2, 0.25) is 5.02 Å². The van der Waals surface area contributed by atoms with Crippen molar-refractivity contribution in [2.75, 3.05) is 6.61 Å². The molecule has 2 rings (SSSR count). The lowest BCUT2D eigenvalue weighted by molar-refractivity contribution is -0.142. The summed E-state index contributed by atoms with van der Waals surface area (Å²) in [4.78, 5) is 11.4. The normalized spacial score (nSPS) is 16.3. The lowest BCUT2D eigenvalue weighted by Gasteiger charge is -2.23.